The fourth-order valence-corrected chi connectivity index (χ4v) is 2.05. The van der Waals surface area contributed by atoms with Crippen LogP contribution < -0.4 is 5.73 Å². The Kier molecular flexibility index (Phi) is 9.80. The second kappa shape index (κ2) is 8.84. The van der Waals surface area contributed by atoms with Crippen molar-refractivity contribution >= 4 is 30.8 Å². The highest BCUT2D eigenvalue weighted by molar-refractivity contribution is 5.85. The van der Waals surface area contributed by atoms with Gasteiger partial charge in [-0.1, -0.05) is 0 Å². The SMILES string of the molecule is COC(=O)C(N)C1CCN(CC(F)(F)F)CC1.Cl.Cl. The van der Waals surface area contributed by atoms with Gasteiger partial charge >= 0.3 is 12.1 Å². The summed E-state index contributed by atoms with van der Waals surface area (Å²) < 4.78 is 40.9. The molecule has 1 saturated heterocycles. The molecule has 1 atom stereocenters. The van der Waals surface area contributed by atoms with Crippen LogP contribution in [0.2, 0.25) is 0 Å². The molecule has 1 heterocycles. The van der Waals surface area contributed by atoms with E-state index in [1.165, 1.54) is 12.0 Å². The Morgan fingerprint density at radius 3 is 2.21 bits per heavy atom. The minimum Gasteiger partial charge on any atom is -0.468 e. The third-order valence-corrected chi connectivity index (χ3v) is 3.02. The summed E-state index contributed by atoms with van der Waals surface area (Å²) in [6.07, 6.45) is -3.18. The van der Waals surface area contributed by atoms with Gasteiger partial charge in [0.2, 0.25) is 0 Å². The number of nitrogens with two attached hydrogens (primary N) is 1. The number of nitrogens with zero attached hydrogens (tertiary/aromatic N) is 1. The van der Waals surface area contributed by atoms with Gasteiger partial charge in [-0.3, -0.25) is 9.69 Å². The summed E-state index contributed by atoms with van der Waals surface area (Å²) in [5.74, 6) is -0.591. The van der Waals surface area contributed by atoms with Gasteiger partial charge in [-0.2, -0.15) is 13.2 Å². The number of rotatable bonds is 3. The Hall–Kier alpha value is -0.240. The van der Waals surface area contributed by atoms with Gasteiger partial charge in [0.15, 0.2) is 0 Å². The lowest BCUT2D eigenvalue weighted by atomic mass is 9.90. The van der Waals surface area contributed by atoms with E-state index in [2.05, 4.69) is 4.74 Å². The van der Waals surface area contributed by atoms with Gasteiger partial charge in [-0.25, -0.2) is 0 Å². The first-order valence-electron chi connectivity index (χ1n) is 5.46. The molecule has 0 aromatic carbocycles. The molecule has 0 saturated carbocycles. The van der Waals surface area contributed by atoms with Gasteiger partial charge in [0.1, 0.15) is 6.04 Å². The molecule has 0 aromatic heterocycles. The molecule has 0 aromatic rings. The van der Waals surface area contributed by atoms with E-state index >= 15 is 0 Å². The first kappa shape index (κ1) is 21.1. The lowest BCUT2D eigenvalue weighted by Crippen LogP contribution is -2.47. The zero-order valence-electron chi connectivity index (χ0n) is 10.5. The summed E-state index contributed by atoms with van der Waals surface area (Å²) in [6, 6.07) is -0.729. The molecule has 1 fully saturated rings. The minimum absolute atomic E-state index is 0. The Balaban J connectivity index is 0. The van der Waals surface area contributed by atoms with E-state index in [9.17, 15) is 18.0 Å². The molecule has 1 aliphatic rings. The van der Waals surface area contributed by atoms with Crippen LogP contribution in [0.15, 0.2) is 0 Å². The van der Waals surface area contributed by atoms with Gasteiger partial charge < -0.3 is 10.5 Å². The van der Waals surface area contributed by atoms with E-state index in [-0.39, 0.29) is 30.7 Å². The lowest BCUT2D eigenvalue weighted by molar-refractivity contribution is -0.151. The van der Waals surface area contributed by atoms with Crippen molar-refractivity contribution in [3.05, 3.63) is 0 Å². The molecule has 0 aliphatic carbocycles. The predicted molar refractivity (Wildman–Crippen MR) is 69.7 cm³/mol. The molecular formula is C10H19Cl2F3N2O2. The highest BCUT2D eigenvalue weighted by Crippen LogP contribution is 2.24. The van der Waals surface area contributed by atoms with Crippen molar-refractivity contribution in [1.82, 2.24) is 4.90 Å². The van der Waals surface area contributed by atoms with Crippen LogP contribution in [0.1, 0.15) is 12.8 Å². The van der Waals surface area contributed by atoms with Gasteiger partial charge in [0.25, 0.3) is 0 Å². The predicted octanol–water partition coefficient (Wildman–Crippen LogP) is 1.60. The maximum Gasteiger partial charge on any atom is 0.401 e. The van der Waals surface area contributed by atoms with E-state index in [0.717, 1.165) is 0 Å². The monoisotopic (exact) mass is 326 g/mol. The molecule has 2 N–H and O–H groups in total. The van der Waals surface area contributed by atoms with Crippen molar-refractivity contribution < 1.29 is 22.7 Å². The van der Waals surface area contributed by atoms with Gasteiger partial charge in [-0.15, -0.1) is 24.8 Å². The summed E-state index contributed by atoms with van der Waals surface area (Å²) in [4.78, 5) is 12.5. The second-order valence-corrected chi connectivity index (χ2v) is 4.28. The number of halogens is 5. The normalized spacial score (nSPS) is 19.0. The third kappa shape index (κ3) is 7.20. The average Bonchev–Trinajstić information content (AvgIpc) is 2.26. The van der Waals surface area contributed by atoms with Crippen molar-refractivity contribution in [3.63, 3.8) is 0 Å². The molecule has 116 valence electrons. The summed E-state index contributed by atoms with van der Waals surface area (Å²) in [6.45, 7) is -0.267. The van der Waals surface area contributed by atoms with Crippen LogP contribution in [0.25, 0.3) is 0 Å². The molecule has 1 rings (SSSR count). The van der Waals surface area contributed by atoms with Crippen LogP contribution in [-0.4, -0.2) is 49.8 Å². The summed E-state index contributed by atoms with van der Waals surface area (Å²) >= 11 is 0. The molecule has 0 radical (unpaired) electrons. The number of alkyl halides is 3. The van der Waals surface area contributed by atoms with Crippen molar-refractivity contribution in [2.45, 2.75) is 25.1 Å². The first-order chi connectivity index (χ1) is 7.83. The summed E-state index contributed by atoms with van der Waals surface area (Å²) in [5, 5.41) is 0. The molecular weight excluding hydrogens is 308 g/mol. The maximum atomic E-state index is 12.1. The van der Waals surface area contributed by atoms with E-state index in [1.807, 2.05) is 0 Å². The number of hydrogen-bond acceptors (Lipinski definition) is 4. The van der Waals surface area contributed by atoms with Gasteiger partial charge in [0.05, 0.1) is 13.7 Å². The number of ether oxygens (including phenoxy) is 1. The second-order valence-electron chi connectivity index (χ2n) is 4.28. The van der Waals surface area contributed by atoms with Crippen molar-refractivity contribution in [3.8, 4) is 0 Å². The van der Waals surface area contributed by atoms with Crippen LogP contribution in [-0.2, 0) is 9.53 Å². The van der Waals surface area contributed by atoms with E-state index < -0.39 is 24.7 Å². The van der Waals surface area contributed by atoms with E-state index in [1.54, 1.807) is 0 Å². The number of esters is 1. The molecule has 0 bridgehead atoms. The molecule has 1 aliphatic heterocycles. The number of likely N-dealkylation sites (tertiary alicyclic amines) is 1. The summed E-state index contributed by atoms with van der Waals surface area (Å²) in [5.41, 5.74) is 5.66. The number of carbonyl (C=O) groups excluding carboxylic acids is 1. The Bertz CT molecular complexity index is 272. The van der Waals surface area contributed by atoms with E-state index in [0.29, 0.717) is 25.9 Å². The van der Waals surface area contributed by atoms with Crippen LogP contribution in [0.3, 0.4) is 0 Å². The molecule has 0 amide bonds. The highest BCUT2D eigenvalue weighted by atomic mass is 35.5. The third-order valence-electron chi connectivity index (χ3n) is 3.02. The molecule has 9 heteroatoms. The van der Waals surface area contributed by atoms with Crippen molar-refractivity contribution in [2.24, 2.45) is 11.7 Å². The van der Waals surface area contributed by atoms with Gasteiger partial charge in [0, 0.05) is 0 Å². The molecule has 19 heavy (non-hydrogen) atoms. The number of piperidine rings is 1. The molecule has 0 spiro atoms. The minimum atomic E-state index is -4.17. The maximum absolute atomic E-state index is 12.1. The fraction of sp³-hybridized carbons (Fsp3) is 0.900. The largest absolute Gasteiger partial charge is 0.468 e. The lowest BCUT2D eigenvalue weighted by Gasteiger charge is -2.34. The van der Waals surface area contributed by atoms with E-state index in [4.69, 9.17) is 5.73 Å². The number of carbonyl (C=O) groups is 1. The zero-order valence-corrected chi connectivity index (χ0v) is 12.1. The Morgan fingerprint density at radius 2 is 1.84 bits per heavy atom. The molecule has 1 unspecified atom stereocenters. The first-order valence-corrected chi connectivity index (χ1v) is 5.46. The topological polar surface area (TPSA) is 55.6 Å². The quantitative estimate of drug-likeness (QED) is 0.800. The standard InChI is InChI=1S/C10H17F3N2O2.2ClH/c1-17-9(16)8(14)7-2-4-15(5-3-7)6-10(11,12)13;;/h7-8H,2-6,14H2,1H3;2*1H. The Labute approximate surface area is 122 Å². The zero-order chi connectivity index (χ0) is 13.1. The van der Waals surface area contributed by atoms with Crippen LogP contribution >= 0.6 is 24.8 Å². The van der Waals surface area contributed by atoms with Crippen molar-refractivity contribution in [1.29, 1.82) is 0 Å². The Morgan fingerprint density at radius 1 is 1.37 bits per heavy atom. The molecule has 4 nitrogen and oxygen atoms in total. The van der Waals surface area contributed by atoms with Crippen molar-refractivity contribution in [2.75, 3.05) is 26.7 Å². The highest BCUT2D eigenvalue weighted by Gasteiger charge is 2.34. The smallest absolute Gasteiger partial charge is 0.401 e. The summed E-state index contributed by atoms with van der Waals surface area (Å²) in [7, 11) is 1.25. The van der Waals surface area contributed by atoms with Gasteiger partial charge in [-0.05, 0) is 31.8 Å². The van der Waals surface area contributed by atoms with Crippen LogP contribution in [0.4, 0.5) is 13.2 Å². The average molecular weight is 327 g/mol. The fourth-order valence-electron chi connectivity index (χ4n) is 2.05. The van der Waals surface area contributed by atoms with Crippen LogP contribution in [0.5, 0.6) is 0 Å². The number of methoxy groups -OCH3 is 1. The van der Waals surface area contributed by atoms with Crippen LogP contribution in [0, 0.1) is 5.92 Å². The number of hydrogen-bond donors (Lipinski definition) is 1.